The summed E-state index contributed by atoms with van der Waals surface area (Å²) in [5.74, 6) is 0.477. The second-order valence-corrected chi connectivity index (χ2v) is 9.05. The topological polar surface area (TPSA) is 104 Å². The zero-order valence-corrected chi connectivity index (χ0v) is 18.6. The fraction of sp³-hybridized carbons (Fsp3) is 0.360. The Hall–Kier alpha value is -3.68. The van der Waals surface area contributed by atoms with Gasteiger partial charge in [0.2, 0.25) is 5.91 Å². The number of piperidine rings is 1. The van der Waals surface area contributed by atoms with Crippen molar-refractivity contribution in [1.82, 2.24) is 19.8 Å². The molecular formula is C25H26N4O4. The number of ketones is 1. The zero-order chi connectivity index (χ0) is 23.3. The van der Waals surface area contributed by atoms with E-state index >= 15 is 0 Å². The van der Waals surface area contributed by atoms with Gasteiger partial charge in [-0.15, -0.1) is 0 Å². The first-order valence-electron chi connectivity index (χ1n) is 11.2. The quantitative estimate of drug-likeness (QED) is 0.566. The highest BCUT2D eigenvalue weighted by atomic mass is 16.2. The van der Waals surface area contributed by atoms with Crippen LogP contribution in [0.5, 0.6) is 0 Å². The first-order valence-corrected chi connectivity index (χ1v) is 11.2. The van der Waals surface area contributed by atoms with Crippen LogP contribution in [0.4, 0.5) is 0 Å². The molecule has 3 aromatic rings. The molecule has 2 fully saturated rings. The molecule has 1 aliphatic carbocycles. The first-order chi connectivity index (χ1) is 15.9. The fourth-order valence-corrected chi connectivity index (χ4v) is 5.22. The molecule has 2 N–H and O–H groups in total. The number of Topliss-reactive ketones (excluding diaryl/α,β-unsaturated/α-hetero) is 1. The van der Waals surface area contributed by atoms with E-state index in [-0.39, 0.29) is 29.7 Å². The number of carbonyl (C=O) groups excluding carboxylic acids is 3. The molecule has 1 saturated heterocycles. The minimum absolute atomic E-state index is 0.0386. The number of carbonyl (C=O) groups is 3. The lowest BCUT2D eigenvalue weighted by Gasteiger charge is -2.17. The summed E-state index contributed by atoms with van der Waals surface area (Å²) in [6.07, 6.45) is 3.77. The van der Waals surface area contributed by atoms with Gasteiger partial charge >= 0.3 is 0 Å². The molecule has 8 heteroatoms. The number of amides is 2. The highest BCUT2D eigenvalue weighted by Gasteiger charge is 2.56. The molecule has 3 heterocycles. The van der Waals surface area contributed by atoms with Crippen molar-refractivity contribution < 1.29 is 14.4 Å². The van der Waals surface area contributed by atoms with Gasteiger partial charge in [-0.2, -0.15) is 0 Å². The molecule has 0 bridgehead atoms. The van der Waals surface area contributed by atoms with E-state index in [1.54, 1.807) is 13.1 Å². The van der Waals surface area contributed by atoms with E-state index in [0.717, 1.165) is 16.5 Å². The summed E-state index contributed by atoms with van der Waals surface area (Å²) in [4.78, 5) is 55.2. The Morgan fingerprint density at radius 3 is 2.61 bits per heavy atom. The van der Waals surface area contributed by atoms with Crippen LogP contribution in [0.15, 0.2) is 47.5 Å². The number of hydrogen-bond donors (Lipinski definition) is 2. The molecule has 0 spiro atoms. The number of aromatic nitrogens is 2. The second-order valence-electron chi connectivity index (χ2n) is 9.05. The third-order valence-electron chi connectivity index (χ3n) is 7.14. The van der Waals surface area contributed by atoms with Gasteiger partial charge in [0, 0.05) is 62.3 Å². The summed E-state index contributed by atoms with van der Waals surface area (Å²) in [6.45, 7) is 3.24. The first kappa shape index (κ1) is 21.2. The number of likely N-dealkylation sites (tertiary alicyclic amines) is 1. The van der Waals surface area contributed by atoms with Crippen molar-refractivity contribution in [3.63, 3.8) is 0 Å². The summed E-state index contributed by atoms with van der Waals surface area (Å²) >= 11 is 0. The average molecular weight is 447 g/mol. The molecule has 2 aliphatic rings. The molecule has 2 amide bonds. The maximum atomic E-state index is 13.2. The zero-order valence-electron chi connectivity index (χ0n) is 18.6. The van der Waals surface area contributed by atoms with Crippen LogP contribution in [0.1, 0.15) is 39.6 Å². The number of hydrogen-bond acceptors (Lipinski definition) is 4. The molecule has 33 heavy (non-hydrogen) atoms. The van der Waals surface area contributed by atoms with Crippen LogP contribution in [-0.4, -0.2) is 52.2 Å². The van der Waals surface area contributed by atoms with Gasteiger partial charge in [0.05, 0.1) is 6.54 Å². The number of nitrogens with zero attached hydrogens (tertiary/aromatic N) is 2. The molecule has 0 radical (unpaired) electrons. The monoisotopic (exact) mass is 446 g/mol. The van der Waals surface area contributed by atoms with Gasteiger partial charge in [-0.05, 0) is 41.5 Å². The molecule has 1 aromatic carbocycles. The van der Waals surface area contributed by atoms with Crippen molar-refractivity contribution in [2.24, 2.45) is 17.8 Å². The van der Waals surface area contributed by atoms with Crippen molar-refractivity contribution in [2.45, 2.75) is 19.9 Å². The molecule has 3 atom stereocenters. The normalized spacial score (nSPS) is 21.2. The van der Waals surface area contributed by atoms with Gasteiger partial charge in [0.15, 0.2) is 5.78 Å². The third-order valence-corrected chi connectivity index (χ3v) is 7.14. The summed E-state index contributed by atoms with van der Waals surface area (Å²) in [5.41, 5.74) is 1.77. The number of H-pyrrole nitrogens is 1. The standard InChI is InChI=1S/C25H26N4O4/c1-14(30)28-12-20-18(21(20)13-28)9-23(31)16-8-19(24(32)26-2)25(33)29(11-16)10-15-4-3-5-22-17(15)6-7-27-22/h3-8,11,18,20-21,27H,9-10,12-13H2,1-2H3,(H,26,32)/t18?,20-,21+. The second kappa shape index (κ2) is 8.03. The van der Waals surface area contributed by atoms with Crippen LogP contribution < -0.4 is 10.9 Å². The van der Waals surface area contributed by atoms with Crippen molar-refractivity contribution >= 4 is 28.5 Å². The Bertz CT molecular complexity index is 1330. The van der Waals surface area contributed by atoms with Gasteiger partial charge in [-0.1, -0.05) is 12.1 Å². The number of rotatable bonds is 6. The SMILES string of the molecule is CNC(=O)c1cc(C(=O)CC2[C@H]3CN(C(C)=O)C[C@@H]23)cn(Cc2cccc3[nH]ccc23)c1=O. The molecule has 1 saturated carbocycles. The van der Waals surface area contributed by atoms with Crippen LogP contribution in [0.25, 0.3) is 10.9 Å². The van der Waals surface area contributed by atoms with Gasteiger partial charge < -0.3 is 19.8 Å². The molecule has 2 aromatic heterocycles. The van der Waals surface area contributed by atoms with Crippen LogP contribution in [-0.2, 0) is 11.3 Å². The average Bonchev–Trinajstić information content (AvgIpc) is 3.19. The van der Waals surface area contributed by atoms with Crippen LogP contribution in [0.3, 0.4) is 0 Å². The number of benzene rings is 1. The number of fused-ring (bicyclic) bond motifs is 2. The maximum Gasteiger partial charge on any atom is 0.263 e. The van der Waals surface area contributed by atoms with E-state index in [2.05, 4.69) is 10.3 Å². The maximum absolute atomic E-state index is 13.2. The molecule has 1 aliphatic heterocycles. The van der Waals surface area contributed by atoms with Gasteiger partial charge in [-0.3, -0.25) is 19.2 Å². The lowest BCUT2D eigenvalue weighted by Crippen LogP contribution is -2.32. The largest absolute Gasteiger partial charge is 0.361 e. The van der Waals surface area contributed by atoms with Crippen LogP contribution in [0.2, 0.25) is 0 Å². The van der Waals surface area contributed by atoms with Crippen molar-refractivity contribution in [2.75, 3.05) is 20.1 Å². The fourth-order valence-electron chi connectivity index (χ4n) is 5.22. The Morgan fingerprint density at radius 1 is 1.15 bits per heavy atom. The Morgan fingerprint density at radius 2 is 1.91 bits per heavy atom. The van der Waals surface area contributed by atoms with E-state index in [1.807, 2.05) is 35.4 Å². The summed E-state index contributed by atoms with van der Waals surface area (Å²) in [5, 5.41) is 3.49. The van der Waals surface area contributed by atoms with Gasteiger partial charge in [0.25, 0.3) is 11.5 Å². The summed E-state index contributed by atoms with van der Waals surface area (Å²) in [7, 11) is 1.47. The van der Waals surface area contributed by atoms with Crippen molar-refractivity contribution in [3.8, 4) is 0 Å². The van der Waals surface area contributed by atoms with Crippen molar-refractivity contribution in [3.05, 3.63) is 69.8 Å². The highest BCUT2D eigenvalue weighted by Crippen LogP contribution is 2.53. The smallest absolute Gasteiger partial charge is 0.263 e. The van der Waals surface area contributed by atoms with Gasteiger partial charge in [-0.25, -0.2) is 0 Å². The Labute approximate surface area is 190 Å². The van der Waals surface area contributed by atoms with E-state index in [4.69, 9.17) is 0 Å². The summed E-state index contributed by atoms with van der Waals surface area (Å²) in [6, 6.07) is 9.15. The number of nitrogens with one attached hydrogen (secondary N) is 2. The lowest BCUT2D eigenvalue weighted by atomic mass is 10.0. The third kappa shape index (κ3) is 3.75. The van der Waals surface area contributed by atoms with E-state index in [9.17, 15) is 19.2 Å². The predicted molar refractivity (Wildman–Crippen MR) is 123 cm³/mol. The lowest BCUT2D eigenvalue weighted by molar-refractivity contribution is -0.128. The van der Waals surface area contributed by atoms with E-state index < -0.39 is 11.5 Å². The minimum Gasteiger partial charge on any atom is -0.361 e. The predicted octanol–water partition coefficient (Wildman–Crippen LogP) is 2.03. The van der Waals surface area contributed by atoms with E-state index in [0.29, 0.717) is 36.9 Å². The molecule has 170 valence electrons. The van der Waals surface area contributed by atoms with E-state index in [1.165, 1.54) is 17.7 Å². The molecular weight excluding hydrogens is 420 g/mol. The van der Waals surface area contributed by atoms with Crippen molar-refractivity contribution in [1.29, 1.82) is 0 Å². The Kier molecular flexibility index (Phi) is 5.15. The minimum atomic E-state index is -0.511. The summed E-state index contributed by atoms with van der Waals surface area (Å²) < 4.78 is 1.45. The molecule has 5 rings (SSSR count). The van der Waals surface area contributed by atoms with Crippen LogP contribution in [0, 0.1) is 17.8 Å². The van der Waals surface area contributed by atoms with Gasteiger partial charge in [0.1, 0.15) is 5.56 Å². The van der Waals surface area contributed by atoms with Crippen LogP contribution >= 0.6 is 0 Å². The Balaban J connectivity index is 1.42. The highest BCUT2D eigenvalue weighted by molar-refractivity contribution is 6.00. The number of aromatic amines is 1. The molecule has 1 unspecified atom stereocenters. The number of pyridine rings is 1. The molecule has 8 nitrogen and oxygen atoms in total.